The van der Waals surface area contributed by atoms with Gasteiger partial charge in [0, 0.05) is 19.0 Å². The Morgan fingerprint density at radius 1 is 1.36 bits per heavy atom. The Kier molecular flexibility index (Phi) is 4.97. The highest BCUT2D eigenvalue weighted by atomic mass is 16.7. The first-order chi connectivity index (χ1) is 10.2. The molecular weight excluding hydrogens is 283 g/mol. The molecule has 0 N–H and O–H groups in total. The quantitative estimate of drug-likeness (QED) is 0.776. The zero-order valence-electron chi connectivity index (χ0n) is 14.1. The van der Waals surface area contributed by atoms with E-state index in [1.807, 2.05) is 0 Å². The average Bonchev–Trinajstić information content (AvgIpc) is 2.84. The maximum atomic E-state index is 11.0. The molecule has 1 saturated heterocycles. The molecule has 7 heteroatoms. The van der Waals surface area contributed by atoms with E-state index >= 15 is 0 Å². The van der Waals surface area contributed by atoms with Crippen LogP contribution in [0.2, 0.25) is 0 Å². The van der Waals surface area contributed by atoms with Crippen LogP contribution in [0, 0.1) is 5.41 Å². The molecule has 0 unspecified atom stereocenters. The van der Waals surface area contributed by atoms with Gasteiger partial charge in [-0.1, -0.05) is 25.1 Å². The second-order valence-electron chi connectivity index (χ2n) is 6.93. The summed E-state index contributed by atoms with van der Waals surface area (Å²) < 4.78 is 12.1. The largest absolute Gasteiger partial charge is 0.497 e. The van der Waals surface area contributed by atoms with E-state index in [9.17, 15) is 4.79 Å². The van der Waals surface area contributed by atoms with Gasteiger partial charge < -0.3 is 14.1 Å². The normalized spacial score (nSPS) is 21.6. The SMILES string of the molecule is CC(=O)On1cc(B2OCCCCC(C)(C)C(C)(C)O2)cn1. The zero-order chi connectivity index (χ0) is 16.4. The molecule has 0 saturated carbocycles. The fourth-order valence-corrected chi connectivity index (χ4v) is 2.41. The fraction of sp³-hybridized carbons (Fsp3) is 0.733. The summed E-state index contributed by atoms with van der Waals surface area (Å²) in [7, 11) is -0.517. The van der Waals surface area contributed by atoms with Crippen molar-refractivity contribution in [1.29, 1.82) is 0 Å². The molecule has 0 amide bonds. The van der Waals surface area contributed by atoms with Crippen LogP contribution in [0.25, 0.3) is 0 Å². The standard InChI is InChI=1S/C15H25BN2O4/c1-12(19)21-18-11-13(10-17-18)16-20-9-7-6-8-14(2,3)15(4,5)22-16/h10-11H,6-9H2,1-5H3. The average molecular weight is 308 g/mol. The van der Waals surface area contributed by atoms with Crippen molar-refractivity contribution in [1.82, 2.24) is 9.94 Å². The molecule has 1 aliphatic heterocycles. The van der Waals surface area contributed by atoms with Gasteiger partial charge >= 0.3 is 13.1 Å². The van der Waals surface area contributed by atoms with Crippen molar-refractivity contribution in [3.63, 3.8) is 0 Å². The van der Waals surface area contributed by atoms with Gasteiger partial charge in [-0.3, -0.25) is 0 Å². The Bertz CT molecular complexity index is 527. The minimum Gasteiger partial charge on any atom is -0.407 e. The maximum absolute atomic E-state index is 11.0. The number of carbonyl (C=O) groups excluding carboxylic acids is 1. The lowest BCUT2D eigenvalue weighted by Crippen LogP contribution is -2.50. The van der Waals surface area contributed by atoms with E-state index in [4.69, 9.17) is 14.1 Å². The molecule has 1 aromatic heterocycles. The van der Waals surface area contributed by atoms with Crippen LogP contribution < -0.4 is 10.3 Å². The lowest BCUT2D eigenvalue weighted by molar-refractivity contribution is -0.143. The minimum absolute atomic E-state index is 0.0326. The smallest absolute Gasteiger partial charge is 0.407 e. The van der Waals surface area contributed by atoms with Crippen molar-refractivity contribution in [3.05, 3.63) is 12.4 Å². The molecule has 2 heterocycles. The first-order valence-corrected chi connectivity index (χ1v) is 7.74. The topological polar surface area (TPSA) is 62.6 Å². The van der Waals surface area contributed by atoms with Gasteiger partial charge in [0.25, 0.3) is 0 Å². The molecule has 0 atom stereocenters. The lowest BCUT2D eigenvalue weighted by atomic mass is 9.71. The van der Waals surface area contributed by atoms with E-state index in [1.165, 1.54) is 6.92 Å². The van der Waals surface area contributed by atoms with Gasteiger partial charge in [0.15, 0.2) is 0 Å². The first-order valence-electron chi connectivity index (χ1n) is 7.74. The summed E-state index contributed by atoms with van der Waals surface area (Å²) in [6.07, 6.45) is 6.42. The summed E-state index contributed by atoms with van der Waals surface area (Å²) in [5.41, 5.74) is 0.420. The van der Waals surface area contributed by atoms with Gasteiger partial charge in [-0.25, -0.2) is 4.79 Å². The Hall–Kier alpha value is -1.34. The van der Waals surface area contributed by atoms with Crippen molar-refractivity contribution in [3.8, 4) is 0 Å². The molecule has 0 radical (unpaired) electrons. The van der Waals surface area contributed by atoms with Gasteiger partial charge in [-0.05, 0) is 32.1 Å². The van der Waals surface area contributed by atoms with Crippen molar-refractivity contribution in [2.24, 2.45) is 5.41 Å². The third-order valence-electron chi connectivity index (χ3n) is 4.57. The molecule has 0 aliphatic carbocycles. The highest BCUT2D eigenvalue weighted by molar-refractivity contribution is 6.61. The number of nitrogens with zero attached hydrogens (tertiary/aromatic N) is 2. The van der Waals surface area contributed by atoms with Gasteiger partial charge in [-0.15, -0.1) is 5.10 Å². The molecule has 1 aliphatic rings. The van der Waals surface area contributed by atoms with Gasteiger partial charge in [0.1, 0.15) is 0 Å². The number of hydrogen-bond donors (Lipinski definition) is 0. The van der Waals surface area contributed by atoms with E-state index in [2.05, 4.69) is 32.8 Å². The minimum atomic E-state index is -0.517. The van der Waals surface area contributed by atoms with Crippen molar-refractivity contribution < 1.29 is 18.9 Å². The maximum Gasteiger partial charge on any atom is 0.497 e. The van der Waals surface area contributed by atoms with Crippen LogP contribution in [-0.2, 0) is 14.1 Å². The lowest BCUT2D eigenvalue weighted by Gasteiger charge is -2.42. The number of carbonyl (C=O) groups is 1. The number of aromatic nitrogens is 2. The van der Waals surface area contributed by atoms with Crippen molar-refractivity contribution in [2.75, 3.05) is 6.61 Å². The molecular formula is C15H25BN2O4. The van der Waals surface area contributed by atoms with E-state index < -0.39 is 13.1 Å². The predicted molar refractivity (Wildman–Crippen MR) is 83.6 cm³/mol. The van der Waals surface area contributed by atoms with E-state index in [0.29, 0.717) is 6.61 Å². The van der Waals surface area contributed by atoms with E-state index in [1.54, 1.807) is 12.4 Å². The predicted octanol–water partition coefficient (Wildman–Crippen LogP) is 1.58. The number of hydrogen-bond acceptors (Lipinski definition) is 5. The second-order valence-corrected chi connectivity index (χ2v) is 6.93. The summed E-state index contributed by atoms with van der Waals surface area (Å²) >= 11 is 0. The Balaban J connectivity index is 2.20. The van der Waals surface area contributed by atoms with Crippen LogP contribution in [0.5, 0.6) is 0 Å². The first kappa shape index (κ1) is 17.0. The summed E-state index contributed by atoms with van der Waals surface area (Å²) in [5.74, 6) is -0.424. The van der Waals surface area contributed by atoms with Crippen molar-refractivity contribution >= 4 is 18.6 Å². The monoisotopic (exact) mass is 308 g/mol. The Labute approximate surface area is 132 Å². The highest BCUT2D eigenvalue weighted by Gasteiger charge is 2.42. The van der Waals surface area contributed by atoms with E-state index in [-0.39, 0.29) is 11.0 Å². The molecule has 6 nitrogen and oxygen atoms in total. The van der Waals surface area contributed by atoms with Crippen LogP contribution in [0.4, 0.5) is 0 Å². The molecule has 22 heavy (non-hydrogen) atoms. The van der Waals surface area contributed by atoms with Gasteiger partial charge in [0.05, 0.1) is 18.0 Å². The van der Waals surface area contributed by atoms with Crippen LogP contribution in [0.15, 0.2) is 12.4 Å². The molecule has 1 aromatic rings. The van der Waals surface area contributed by atoms with Gasteiger partial charge in [-0.2, -0.15) is 0 Å². The fourth-order valence-electron chi connectivity index (χ4n) is 2.41. The second kappa shape index (κ2) is 6.42. The molecule has 0 aromatic carbocycles. The van der Waals surface area contributed by atoms with Gasteiger partial charge in [0.2, 0.25) is 0 Å². The Morgan fingerprint density at radius 2 is 2.09 bits per heavy atom. The Morgan fingerprint density at radius 3 is 2.77 bits per heavy atom. The molecule has 1 fully saturated rings. The molecule has 0 bridgehead atoms. The zero-order valence-corrected chi connectivity index (χ0v) is 14.1. The van der Waals surface area contributed by atoms with Crippen LogP contribution in [-0.4, -0.2) is 35.2 Å². The van der Waals surface area contributed by atoms with Crippen molar-refractivity contribution in [2.45, 2.75) is 59.5 Å². The third kappa shape index (κ3) is 3.90. The van der Waals surface area contributed by atoms with Crippen LogP contribution >= 0.6 is 0 Å². The third-order valence-corrected chi connectivity index (χ3v) is 4.57. The highest BCUT2D eigenvalue weighted by Crippen LogP contribution is 2.39. The van der Waals surface area contributed by atoms with E-state index in [0.717, 1.165) is 29.6 Å². The van der Waals surface area contributed by atoms with Crippen LogP contribution in [0.3, 0.4) is 0 Å². The summed E-state index contributed by atoms with van der Waals surface area (Å²) in [6, 6.07) is 0. The van der Waals surface area contributed by atoms with Crippen LogP contribution in [0.1, 0.15) is 53.9 Å². The molecule has 2 rings (SSSR count). The summed E-state index contributed by atoms with van der Waals surface area (Å²) in [4.78, 5) is 17.0. The summed E-state index contributed by atoms with van der Waals surface area (Å²) in [6.45, 7) is 10.6. The summed E-state index contributed by atoms with van der Waals surface area (Å²) in [5, 5.41) is 4.01. The molecule has 0 spiro atoms. The molecule has 122 valence electrons. The number of rotatable bonds is 2.